The van der Waals surface area contributed by atoms with Crippen LogP contribution < -0.4 is 5.32 Å². The Labute approximate surface area is 163 Å². The number of hydrogen-bond donors (Lipinski definition) is 1. The Morgan fingerprint density at radius 2 is 2.21 bits per heavy atom. The summed E-state index contributed by atoms with van der Waals surface area (Å²) in [5.74, 6) is 1.29. The van der Waals surface area contributed by atoms with Crippen LogP contribution in [0.2, 0.25) is 0 Å². The van der Waals surface area contributed by atoms with Crippen molar-refractivity contribution in [3.8, 4) is 0 Å². The van der Waals surface area contributed by atoms with E-state index in [0.29, 0.717) is 36.8 Å². The first-order chi connectivity index (χ1) is 13.4. The van der Waals surface area contributed by atoms with Gasteiger partial charge in [-0.1, -0.05) is 19.0 Å². The van der Waals surface area contributed by atoms with Gasteiger partial charge in [0.05, 0.1) is 11.0 Å². The van der Waals surface area contributed by atoms with Gasteiger partial charge >= 0.3 is 0 Å². The molecule has 0 spiro atoms. The summed E-state index contributed by atoms with van der Waals surface area (Å²) >= 11 is 0. The highest BCUT2D eigenvalue weighted by atomic mass is 16.5. The van der Waals surface area contributed by atoms with E-state index in [1.807, 2.05) is 18.7 Å². The number of nitrogens with one attached hydrogen (secondary N) is 1. The van der Waals surface area contributed by atoms with Crippen LogP contribution in [-0.2, 0) is 10.2 Å². The Bertz CT molecular complexity index is 881. The lowest BCUT2D eigenvalue weighted by Gasteiger charge is -2.26. The summed E-state index contributed by atoms with van der Waals surface area (Å²) in [7, 11) is 0. The molecule has 2 amide bonds. The van der Waals surface area contributed by atoms with Crippen LogP contribution in [0.4, 0.5) is 0 Å². The highest BCUT2D eigenvalue weighted by Gasteiger charge is 2.58. The molecule has 2 aromatic heterocycles. The van der Waals surface area contributed by atoms with Crippen molar-refractivity contribution < 1.29 is 14.1 Å². The predicted octanol–water partition coefficient (Wildman–Crippen LogP) is 1.72. The molecule has 2 aliphatic rings. The molecule has 0 unspecified atom stereocenters. The van der Waals surface area contributed by atoms with E-state index < -0.39 is 5.41 Å². The Kier molecular flexibility index (Phi) is 4.64. The first-order valence-corrected chi connectivity index (χ1v) is 9.69. The fourth-order valence-electron chi connectivity index (χ4n) is 4.61. The summed E-state index contributed by atoms with van der Waals surface area (Å²) in [4.78, 5) is 35.6. The highest BCUT2D eigenvalue weighted by molar-refractivity contribution is 5.94. The van der Waals surface area contributed by atoms with E-state index in [1.165, 1.54) is 0 Å². The second-order valence-corrected chi connectivity index (χ2v) is 8.23. The lowest BCUT2D eigenvalue weighted by Crippen LogP contribution is -2.40. The molecule has 2 fully saturated rings. The third-order valence-electron chi connectivity index (χ3n) is 5.89. The number of aromatic nitrogens is 3. The number of fused-ring (bicyclic) bond motifs is 1. The van der Waals surface area contributed by atoms with Gasteiger partial charge in [0.15, 0.2) is 5.82 Å². The number of likely N-dealkylation sites (tertiary alicyclic amines) is 1. The maximum atomic E-state index is 12.6. The van der Waals surface area contributed by atoms with E-state index in [1.54, 1.807) is 31.5 Å². The summed E-state index contributed by atoms with van der Waals surface area (Å²) in [5, 5.41) is 7.09. The number of rotatable bonds is 4. The molecule has 0 radical (unpaired) electrons. The van der Waals surface area contributed by atoms with Gasteiger partial charge in [-0.2, -0.15) is 4.98 Å². The minimum Gasteiger partial charge on any atom is -0.349 e. The van der Waals surface area contributed by atoms with E-state index in [0.717, 1.165) is 6.42 Å². The van der Waals surface area contributed by atoms with Gasteiger partial charge < -0.3 is 14.7 Å². The lowest BCUT2D eigenvalue weighted by molar-refractivity contribution is -0.133. The molecule has 8 nitrogen and oxygen atoms in total. The maximum Gasteiger partial charge on any atom is 0.253 e. The fraction of sp³-hybridized carbons (Fsp3) is 0.550. The molecule has 3 heterocycles. The van der Waals surface area contributed by atoms with Crippen LogP contribution in [0.3, 0.4) is 0 Å². The van der Waals surface area contributed by atoms with Gasteiger partial charge in [0.2, 0.25) is 11.8 Å². The normalized spacial score (nSPS) is 26.5. The number of amides is 2. The monoisotopic (exact) mass is 383 g/mol. The average molecular weight is 383 g/mol. The van der Waals surface area contributed by atoms with Gasteiger partial charge in [0.1, 0.15) is 0 Å². The predicted molar refractivity (Wildman–Crippen MR) is 100 cm³/mol. The van der Waals surface area contributed by atoms with Crippen molar-refractivity contribution in [3.05, 3.63) is 41.8 Å². The van der Waals surface area contributed by atoms with Crippen molar-refractivity contribution in [2.24, 2.45) is 11.8 Å². The Morgan fingerprint density at radius 1 is 1.39 bits per heavy atom. The molecule has 1 aliphatic heterocycles. The Balaban J connectivity index is 1.56. The highest BCUT2D eigenvalue weighted by Crippen LogP contribution is 2.50. The van der Waals surface area contributed by atoms with E-state index in [2.05, 4.69) is 20.4 Å². The first kappa shape index (κ1) is 18.6. The molecule has 148 valence electrons. The molecule has 1 saturated heterocycles. The third-order valence-corrected chi connectivity index (χ3v) is 5.89. The lowest BCUT2D eigenvalue weighted by atomic mass is 9.80. The molecule has 1 N–H and O–H groups in total. The zero-order chi connectivity index (χ0) is 19.9. The van der Waals surface area contributed by atoms with Crippen molar-refractivity contribution >= 4 is 11.8 Å². The molecular weight excluding hydrogens is 358 g/mol. The van der Waals surface area contributed by atoms with Crippen LogP contribution in [0.15, 0.2) is 29.0 Å². The third kappa shape index (κ3) is 3.16. The number of nitrogens with zero attached hydrogens (tertiary/aromatic N) is 4. The van der Waals surface area contributed by atoms with Crippen molar-refractivity contribution in [1.82, 2.24) is 25.3 Å². The van der Waals surface area contributed by atoms with Crippen molar-refractivity contribution in [3.63, 3.8) is 0 Å². The smallest absolute Gasteiger partial charge is 0.253 e. The van der Waals surface area contributed by atoms with E-state index >= 15 is 0 Å². The minimum absolute atomic E-state index is 0.0128. The molecule has 0 aromatic carbocycles. The minimum atomic E-state index is -0.404. The van der Waals surface area contributed by atoms with Gasteiger partial charge in [-0.3, -0.25) is 14.6 Å². The van der Waals surface area contributed by atoms with Gasteiger partial charge in [0, 0.05) is 37.4 Å². The molecule has 28 heavy (non-hydrogen) atoms. The summed E-state index contributed by atoms with van der Waals surface area (Å²) in [6.45, 7) is 6.82. The molecular formula is C20H25N5O3. The molecule has 3 atom stereocenters. The Morgan fingerprint density at radius 3 is 2.86 bits per heavy atom. The first-order valence-electron chi connectivity index (χ1n) is 9.69. The van der Waals surface area contributed by atoms with Gasteiger partial charge in [-0.25, -0.2) is 0 Å². The van der Waals surface area contributed by atoms with Crippen LogP contribution in [0.25, 0.3) is 0 Å². The molecule has 2 aromatic rings. The van der Waals surface area contributed by atoms with Crippen LogP contribution in [-0.4, -0.2) is 51.0 Å². The van der Waals surface area contributed by atoms with Gasteiger partial charge in [0.25, 0.3) is 5.91 Å². The van der Waals surface area contributed by atoms with E-state index in [9.17, 15) is 9.59 Å². The number of hydrogen-bond acceptors (Lipinski definition) is 6. The second-order valence-electron chi connectivity index (χ2n) is 8.23. The zero-order valence-corrected chi connectivity index (χ0v) is 16.4. The van der Waals surface area contributed by atoms with Gasteiger partial charge in [-0.05, 0) is 37.8 Å². The maximum absolute atomic E-state index is 12.6. The van der Waals surface area contributed by atoms with Crippen LogP contribution in [0, 0.1) is 18.8 Å². The number of aryl methyl sites for hydroxylation is 1. The number of pyridine rings is 1. The quantitative estimate of drug-likeness (QED) is 0.863. The topological polar surface area (TPSA) is 101 Å². The van der Waals surface area contributed by atoms with E-state index in [-0.39, 0.29) is 29.7 Å². The standard InChI is InChI=1S/C20H25N5O3/c1-12(2)18(27)25-10-15-7-16(23-17(26)14-5-4-6-21-9-14)8-20(15,11-25)19-22-13(3)24-28-19/h4-6,9,12,15-16H,7-8,10-11H2,1-3H3,(H,23,26)/t15-,16+,20-/m0/s1. The van der Waals surface area contributed by atoms with Crippen molar-refractivity contribution in [1.29, 1.82) is 0 Å². The van der Waals surface area contributed by atoms with Crippen LogP contribution in [0.5, 0.6) is 0 Å². The van der Waals surface area contributed by atoms with Crippen LogP contribution >= 0.6 is 0 Å². The largest absolute Gasteiger partial charge is 0.349 e. The second kappa shape index (κ2) is 7.00. The number of carbonyl (C=O) groups excluding carboxylic acids is 2. The molecule has 1 saturated carbocycles. The summed E-state index contributed by atoms with van der Waals surface area (Å²) in [6.07, 6.45) is 4.65. The molecule has 0 bridgehead atoms. The van der Waals surface area contributed by atoms with Gasteiger partial charge in [-0.15, -0.1) is 0 Å². The SMILES string of the molecule is Cc1noc([C@]23C[C@H](NC(=O)c4cccnc4)C[C@H]2CN(C(=O)C(C)C)C3)n1. The van der Waals surface area contributed by atoms with Crippen LogP contribution in [0.1, 0.15) is 48.8 Å². The van der Waals surface area contributed by atoms with E-state index in [4.69, 9.17) is 4.52 Å². The molecule has 1 aliphatic carbocycles. The fourth-order valence-corrected chi connectivity index (χ4v) is 4.61. The Hall–Kier alpha value is -2.77. The zero-order valence-electron chi connectivity index (χ0n) is 16.4. The van der Waals surface area contributed by atoms with Crippen molar-refractivity contribution in [2.45, 2.75) is 45.1 Å². The number of carbonyl (C=O) groups is 2. The summed E-state index contributed by atoms with van der Waals surface area (Å²) in [5.41, 5.74) is 0.137. The molecule has 4 rings (SSSR count). The average Bonchev–Trinajstić information content (AvgIpc) is 3.34. The summed E-state index contributed by atoms with van der Waals surface area (Å²) < 4.78 is 5.56. The summed E-state index contributed by atoms with van der Waals surface area (Å²) in [6, 6.07) is 3.48. The van der Waals surface area contributed by atoms with Crippen molar-refractivity contribution in [2.75, 3.05) is 13.1 Å². The molecule has 8 heteroatoms.